The van der Waals surface area contributed by atoms with Crippen LogP contribution in [-0.2, 0) is 21.7 Å². The van der Waals surface area contributed by atoms with Gasteiger partial charge in [0.25, 0.3) is 0 Å². The predicted octanol–water partition coefficient (Wildman–Crippen LogP) is 3.94. The number of fused-ring (bicyclic) bond motifs is 4. The highest BCUT2D eigenvalue weighted by molar-refractivity contribution is 5.76. The Hall–Kier alpha value is -2.34. The Bertz CT molecular complexity index is 895. The molecule has 6 nitrogen and oxygen atoms in total. The van der Waals surface area contributed by atoms with Crippen LogP contribution in [-0.4, -0.2) is 47.2 Å². The summed E-state index contributed by atoms with van der Waals surface area (Å²) in [7, 11) is 1.73. The average molecular weight is 398 g/mol. The molecule has 1 amide bonds. The van der Waals surface area contributed by atoms with Gasteiger partial charge in [-0.15, -0.1) is 0 Å². The summed E-state index contributed by atoms with van der Waals surface area (Å²) in [6.07, 6.45) is 2.10. The zero-order valence-corrected chi connectivity index (χ0v) is 17.9. The topological polar surface area (TPSA) is 56.6 Å². The van der Waals surface area contributed by atoms with Gasteiger partial charge in [-0.2, -0.15) is 0 Å². The first-order valence-corrected chi connectivity index (χ1v) is 10.7. The second-order valence-corrected chi connectivity index (χ2v) is 8.29. The number of aromatic nitrogens is 2. The number of imidazole rings is 1. The van der Waals surface area contributed by atoms with Crippen molar-refractivity contribution in [1.29, 1.82) is 0 Å². The maximum atomic E-state index is 12.2. The lowest BCUT2D eigenvalue weighted by molar-refractivity contribution is -0.134. The number of carbonyl (C=O) groups excluding carboxylic acids is 1. The highest BCUT2D eigenvalue weighted by Crippen LogP contribution is 2.50. The lowest BCUT2D eigenvalue weighted by Crippen LogP contribution is -2.50. The molecule has 0 radical (unpaired) electrons. The van der Waals surface area contributed by atoms with Gasteiger partial charge in [0.15, 0.2) is 5.60 Å². The second-order valence-electron chi connectivity index (χ2n) is 8.29. The monoisotopic (exact) mass is 397 g/mol. The molecule has 6 heteroatoms. The number of piperidine rings is 1. The fourth-order valence-electron chi connectivity index (χ4n) is 4.66. The molecule has 1 aromatic heterocycles. The third-order valence-electron chi connectivity index (χ3n) is 6.14. The van der Waals surface area contributed by atoms with Gasteiger partial charge in [0, 0.05) is 57.5 Å². The Morgan fingerprint density at radius 1 is 1.28 bits per heavy atom. The number of para-hydroxylation sites is 1. The molecule has 156 valence electrons. The van der Waals surface area contributed by atoms with Crippen LogP contribution in [0.1, 0.15) is 57.5 Å². The third-order valence-corrected chi connectivity index (χ3v) is 6.14. The average Bonchev–Trinajstić information content (AvgIpc) is 3.13. The molecule has 0 N–H and O–H groups in total. The van der Waals surface area contributed by atoms with Crippen LogP contribution in [0.15, 0.2) is 24.3 Å². The molecule has 1 spiro atoms. The van der Waals surface area contributed by atoms with Crippen LogP contribution in [0, 0.1) is 0 Å². The van der Waals surface area contributed by atoms with Crippen molar-refractivity contribution in [2.45, 2.75) is 58.1 Å². The van der Waals surface area contributed by atoms with Crippen LogP contribution in [0.4, 0.5) is 0 Å². The second kappa shape index (κ2) is 7.82. The summed E-state index contributed by atoms with van der Waals surface area (Å²) >= 11 is 0. The van der Waals surface area contributed by atoms with Crippen LogP contribution in [0.2, 0.25) is 0 Å². The minimum Gasteiger partial charge on any atom is -0.480 e. The van der Waals surface area contributed by atoms with Crippen molar-refractivity contribution in [1.82, 2.24) is 14.5 Å². The van der Waals surface area contributed by atoms with E-state index in [0.29, 0.717) is 32.0 Å². The van der Waals surface area contributed by atoms with Crippen LogP contribution in [0.3, 0.4) is 0 Å². The minimum absolute atomic E-state index is 0.215. The fourth-order valence-corrected chi connectivity index (χ4v) is 4.66. The van der Waals surface area contributed by atoms with E-state index in [1.54, 1.807) is 7.11 Å². The molecule has 2 aliphatic heterocycles. The van der Waals surface area contributed by atoms with Gasteiger partial charge in [-0.3, -0.25) is 4.79 Å². The smallest absolute Gasteiger partial charge is 0.222 e. The Balaban J connectivity index is 1.83. The molecule has 0 aliphatic carbocycles. The number of amides is 1. The lowest BCUT2D eigenvalue weighted by Gasteiger charge is -2.44. The molecule has 0 saturated carbocycles. The largest absolute Gasteiger partial charge is 0.480 e. The van der Waals surface area contributed by atoms with E-state index in [1.807, 2.05) is 30.0 Å². The van der Waals surface area contributed by atoms with Gasteiger partial charge in [0.1, 0.15) is 11.6 Å². The Kier molecular flexibility index (Phi) is 5.38. The molecule has 4 rings (SSSR count). The van der Waals surface area contributed by atoms with E-state index in [0.717, 1.165) is 47.9 Å². The maximum absolute atomic E-state index is 12.2. The summed E-state index contributed by atoms with van der Waals surface area (Å²) in [5.74, 6) is 2.47. The third kappa shape index (κ3) is 3.33. The van der Waals surface area contributed by atoms with Gasteiger partial charge in [0.2, 0.25) is 5.91 Å². The fraction of sp³-hybridized carbons (Fsp3) is 0.565. The van der Waals surface area contributed by atoms with E-state index < -0.39 is 5.60 Å². The van der Waals surface area contributed by atoms with Crippen molar-refractivity contribution in [3.63, 3.8) is 0 Å². The maximum Gasteiger partial charge on any atom is 0.222 e. The molecular formula is C23H31N3O3. The molecular weight excluding hydrogens is 366 g/mol. The molecule has 3 heterocycles. The van der Waals surface area contributed by atoms with E-state index in [-0.39, 0.29) is 5.91 Å². The predicted molar refractivity (Wildman–Crippen MR) is 112 cm³/mol. The van der Waals surface area contributed by atoms with Gasteiger partial charge in [-0.25, -0.2) is 4.98 Å². The number of ether oxygens (including phenoxy) is 2. The molecule has 1 aromatic carbocycles. The van der Waals surface area contributed by atoms with Crippen LogP contribution in [0.5, 0.6) is 5.75 Å². The molecule has 0 atom stereocenters. The first-order valence-electron chi connectivity index (χ1n) is 10.7. The number of hydrogen-bond donors (Lipinski definition) is 0. The van der Waals surface area contributed by atoms with Crippen molar-refractivity contribution >= 4 is 5.91 Å². The number of carbonyl (C=O) groups is 1. The zero-order valence-electron chi connectivity index (χ0n) is 17.9. The number of rotatable bonds is 5. The Morgan fingerprint density at radius 2 is 2.00 bits per heavy atom. The van der Waals surface area contributed by atoms with E-state index >= 15 is 0 Å². The minimum atomic E-state index is -0.456. The van der Waals surface area contributed by atoms with E-state index in [9.17, 15) is 4.79 Å². The number of hydrogen-bond acceptors (Lipinski definition) is 4. The number of nitrogens with zero attached hydrogens (tertiary/aromatic N) is 3. The summed E-state index contributed by atoms with van der Waals surface area (Å²) in [6, 6.07) is 8.18. The van der Waals surface area contributed by atoms with Gasteiger partial charge in [0.05, 0.1) is 18.0 Å². The van der Waals surface area contributed by atoms with Gasteiger partial charge in [-0.05, 0) is 12.1 Å². The van der Waals surface area contributed by atoms with Gasteiger partial charge < -0.3 is 18.9 Å². The summed E-state index contributed by atoms with van der Waals surface area (Å²) in [6.45, 7) is 9.07. The van der Waals surface area contributed by atoms with Crippen molar-refractivity contribution in [3.05, 3.63) is 35.8 Å². The van der Waals surface area contributed by atoms with Crippen molar-refractivity contribution < 1.29 is 14.3 Å². The zero-order chi connectivity index (χ0) is 20.6. The standard InChI is InChI=1S/C23H31N3O3/c1-5-19(27)25-12-10-23(11-13-25)21-20(17-8-6-7-9-18(17)29-23)24-22(16(2)3)26(21)14-15-28-4/h6-9,16H,5,10-15H2,1-4H3. The van der Waals surface area contributed by atoms with Crippen molar-refractivity contribution in [3.8, 4) is 17.0 Å². The van der Waals surface area contributed by atoms with Gasteiger partial charge >= 0.3 is 0 Å². The molecule has 1 saturated heterocycles. The molecule has 2 aromatic rings. The first kappa shape index (κ1) is 20.0. The molecule has 0 unspecified atom stereocenters. The molecule has 29 heavy (non-hydrogen) atoms. The van der Waals surface area contributed by atoms with Crippen LogP contribution < -0.4 is 4.74 Å². The Labute approximate surface area is 172 Å². The van der Waals surface area contributed by atoms with Crippen molar-refractivity contribution in [2.75, 3.05) is 26.8 Å². The number of likely N-dealkylation sites (tertiary alicyclic amines) is 1. The van der Waals surface area contributed by atoms with Crippen LogP contribution >= 0.6 is 0 Å². The van der Waals surface area contributed by atoms with Crippen molar-refractivity contribution in [2.24, 2.45) is 0 Å². The summed E-state index contributed by atoms with van der Waals surface area (Å²) < 4.78 is 14.4. The van der Waals surface area contributed by atoms with E-state index in [1.165, 1.54) is 0 Å². The molecule has 0 bridgehead atoms. The van der Waals surface area contributed by atoms with E-state index in [2.05, 4.69) is 24.5 Å². The molecule has 2 aliphatic rings. The highest BCUT2D eigenvalue weighted by atomic mass is 16.5. The summed E-state index contributed by atoms with van der Waals surface area (Å²) in [5, 5.41) is 0. The van der Waals surface area contributed by atoms with E-state index in [4.69, 9.17) is 14.5 Å². The lowest BCUT2D eigenvalue weighted by atomic mass is 9.83. The number of benzene rings is 1. The summed E-state index contributed by atoms with van der Waals surface area (Å²) in [4.78, 5) is 19.3. The number of methoxy groups -OCH3 is 1. The van der Waals surface area contributed by atoms with Crippen LogP contribution in [0.25, 0.3) is 11.3 Å². The molecule has 1 fully saturated rings. The first-order chi connectivity index (χ1) is 14.0. The Morgan fingerprint density at radius 3 is 2.66 bits per heavy atom. The highest BCUT2D eigenvalue weighted by Gasteiger charge is 2.47. The quantitative estimate of drug-likeness (QED) is 0.767. The SMILES string of the molecule is CCC(=O)N1CCC2(CC1)Oc1ccccc1-c1nc(C(C)C)n(CCOC)c12. The normalized spacial score (nSPS) is 17.2. The summed E-state index contributed by atoms with van der Waals surface area (Å²) in [5.41, 5.74) is 2.78. The van der Waals surface area contributed by atoms with Gasteiger partial charge in [-0.1, -0.05) is 32.9 Å².